The van der Waals surface area contributed by atoms with Crippen LogP contribution in [0, 0.1) is 10.1 Å². The summed E-state index contributed by atoms with van der Waals surface area (Å²) in [6.45, 7) is 2.90. The third kappa shape index (κ3) is 4.44. The number of hydrogen-bond acceptors (Lipinski definition) is 7. The van der Waals surface area contributed by atoms with Crippen LogP contribution < -0.4 is 20.6 Å². The Bertz CT molecular complexity index is 628. The van der Waals surface area contributed by atoms with Crippen molar-refractivity contribution in [3.63, 3.8) is 0 Å². The summed E-state index contributed by atoms with van der Waals surface area (Å²) < 4.78 is 10.1. The van der Waals surface area contributed by atoms with Gasteiger partial charge in [-0.3, -0.25) is 14.9 Å². The number of nitrogens with two attached hydrogens (primary N) is 1. The standard InChI is InChI=1S/C12H14N4O6/c1-3-21-11-9(22-7(2)17)5-4-8(10(11)16(19)20)6-14-15-12(13)18/h4-6H,3H2,1-2H3,(H3,13,15,18). The van der Waals surface area contributed by atoms with Crippen LogP contribution >= 0.6 is 0 Å². The second-order valence-corrected chi connectivity index (χ2v) is 3.85. The maximum atomic E-state index is 11.3. The zero-order valence-corrected chi connectivity index (χ0v) is 11.9. The fourth-order valence-electron chi connectivity index (χ4n) is 1.54. The summed E-state index contributed by atoms with van der Waals surface area (Å²) >= 11 is 0. The maximum absolute atomic E-state index is 11.3. The molecule has 0 radical (unpaired) electrons. The maximum Gasteiger partial charge on any atom is 0.332 e. The minimum Gasteiger partial charge on any atom is -0.485 e. The number of esters is 1. The van der Waals surface area contributed by atoms with Crippen molar-refractivity contribution in [2.75, 3.05) is 6.61 Å². The molecule has 0 aliphatic carbocycles. The summed E-state index contributed by atoms with van der Waals surface area (Å²) in [6, 6.07) is 1.70. The normalized spacial score (nSPS) is 10.3. The lowest BCUT2D eigenvalue weighted by molar-refractivity contribution is -0.386. The number of primary amides is 1. The molecule has 0 bridgehead atoms. The van der Waals surface area contributed by atoms with Crippen LogP contribution in [0.15, 0.2) is 17.2 Å². The van der Waals surface area contributed by atoms with Gasteiger partial charge in [-0.15, -0.1) is 0 Å². The van der Waals surface area contributed by atoms with Crippen LogP contribution in [-0.2, 0) is 4.79 Å². The number of rotatable bonds is 6. The van der Waals surface area contributed by atoms with E-state index in [-0.39, 0.29) is 23.7 Å². The summed E-state index contributed by atoms with van der Waals surface area (Å²) in [7, 11) is 0. The highest BCUT2D eigenvalue weighted by molar-refractivity contribution is 5.89. The first-order valence-electron chi connectivity index (χ1n) is 6.07. The minimum absolute atomic E-state index is 0.0399. The SMILES string of the molecule is CCOc1c(OC(C)=O)ccc(C=NNC(N)=O)c1[N+](=O)[O-]. The van der Waals surface area contributed by atoms with Crippen LogP contribution in [0.25, 0.3) is 0 Å². The van der Waals surface area contributed by atoms with Crippen LogP contribution in [0.1, 0.15) is 19.4 Å². The molecule has 10 heteroatoms. The number of carbonyl (C=O) groups excluding carboxylic acids is 2. The Labute approximate surface area is 125 Å². The number of amides is 2. The van der Waals surface area contributed by atoms with E-state index in [4.69, 9.17) is 15.2 Å². The van der Waals surface area contributed by atoms with Crippen LogP contribution in [0.5, 0.6) is 11.5 Å². The molecule has 0 saturated heterocycles. The second-order valence-electron chi connectivity index (χ2n) is 3.85. The van der Waals surface area contributed by atoms with Crippen molar-refractivity contribution in [2.45, 2.75) is 13.8 Å². The van der Waals surface area contributed by atoms with Gasteiger partial charge >= 0.3 is 17.7 Å². The molecule has 2 amide bonds. The largest absolute Gasteiger partial charge is 0.485 e. The molecule has 0 heterocycles. The fourth-order valence-corrected chi connectivity index (χ4v) is 1.54. The molecule has 1 rings (SSSR count). The van der Waals surface area contributed by atoms with Gasteiger partial charge in [-0.1, -0.05) is 0 Å². The van der Waals surface area contributed by atoms with E-state index in [1.807, 2.05) is 5.43 Å². The van der Waals surface area contributed by atoms with Crippen LogP contribution in [-0.4, -0.2) is 29.7 Å². The average molecular weight is 310 g/mol. The smallest absolute Gasteiger partial charge is 0.332 e. The van der Waals surface area contributed by atoms with Gasteiger partial charge in [0.15, 0.2) is 5.75 Å². The number of nitrogens with zero attached hydrogens (tertiary/aromatic N) is 2. The number of nitro benzene ring substituents is 1. The first-order chi connectivity index (χ1) is 10.4. The van der Waals surface area contributed by atoms with E-state index in [2.05, 4.69) is 5.10 Å². The molecule has 0 aliphatic heterocycles. The first-order valence-corrected chi connectivity index (χ1v) is 6.07. The molecular weight excluding hydrogens is 296 g/mol. The van der Waals surface area contributed by atoms with Gasteiger partial charge in [0.05, 0.1) is 23.3 Å². The van der Waals surface area contributed by atoms with Crippen molar-refractivity contribution >= 4 is 23.9 Å². The van der Waals surface area contributed by atoms with Gasteiger partial charge in [0.2, 0.25) is 5.75 Å². The van der Waals surface area contributed by atoms with Gasteiger partial charge in [-0.25, -0.2) is 10.2 Å². The van der Waals surface area contributed by atoms with E-state index < -0.39 is 22.6 Å². The van der Waals surface area contributed by atoms with Crippen molar-refractivity contribution in [1.82, 2.24) is 5.43 Å². The molecule has 0 unspecified atom stereocenters. The van der Waals surface area contributed by atoms with E-state index in [1.165, 1.54) is 12.1 Å². The van der Waals surface area contributed by atoms with Gasteiger partial charge in [-0.05, 0) is 19.1 Å². The number of urea groups is 1. The molecule has 1 aromatic rings. The highest BCUT2D eigenvalue weighted by atomic mass is 16.6. The summed E-state index contributed by atoms with van der Waals surface area (Å²) in [5.74, 6) is -0.932. The summed E-state index contributed by atoms with van der Waals surface area (Å²) in [5.41, 5.74) is 6.34. The number of carbonyl (C=O) groups is 2. The second kappa shape index (κ2) is 7.57. The van der Waals surface area contributed by atoms with Crippen molar-refractivity contribution in [2.24, 2.45) is 10.8 Å². The first kappa shape index (κ1) is 16.9. The molecule has 0 saturated carbocycles. The van der Waals surface area contributed by atoms with E-state index in [0.717, 1.165) is 13.1 Å². The molecule has 3 N–H and O–H groups in total. The van der Waals surface area contributed by atoms with Gasteiger partial charge < -0.3 is 15.2 Å². The Balaban J connectivity index is 3.36. The quantitative estimate of drug-likeness (QED) is 0.262. The fraction of sp³-hybridized carbons (Fsp3) is 0.250. The molecule has 10 nitrogen and oxygen atoms in total. The number of nitro groups is 1. The molecular formula is C12H14N4O6. The Morgan fingerprint density at radius 2 is 2.18 bits per heavy atom. The zero-order valence-electron chi connectivity index (χ0n) is 11.9. The van der Waals surface area contributed by atoms with Gasteiger partial charge in [0.1, 0.15) is 0 Å². The predicted molar refractivity (Wildman–Crippen MR) is 75.9 cm³/mol. The van der Waals surface area contributed by atoms with E-state index >= 15 is 0 Å². The molecule has 118 valence electrons. The molecule has 0 aromatic heterocycles. The molecule has 0 aliphatic rings. The monoisotopic (exact) mass is 310 g/mol. The molecule has 0 atom stereocenters. The molecule has 0 spiro atoms. The Morgan fingerprint density at radius 3 is 2.68 bits per heavy atom. The summed E-state index contributed by atoms with van der Waals surface area (Å²) in [6.07, 6.45) is 1.03. The molecule has 22 heavy (non-hydrogen) atoms. The molecule has 1 aromatic carbocycles. The number of nitrogens with one attached hydrogen (secondary N) is 1. The number of ether oxygens (including phenoxy) is 2. The lowest BCUT2D eigenvalue weighted by Crippen LogP contribution is -2.24. The van der Waals surface area contributed by atoms with Crippen molar-refractivity contribution in [3.8, 4) is 11.5 Å². The van der Waals surface area contributed by atoms with E-state index in [0.29, 0.717) is 0 Å². The summed E-state index contributed by atoms with van der Waals surface area (Å²) in [4.78, 5) is 32.1. The van der Waals surface area contributed by atoms with Crippen molar-refractivity contribution < 1.29 is 24.0 Å². The predicted octanol–water partition coefficient (Wildman–Crippen LogP) is 0.921. The number of benzene rings is 1. The van der Waals surface area contributed by atoms with Crippen molar-refractivity contribution in [3.05, 3.63) is 27.8 Å². The lowest BCUT2D eigenvalue weighted by atomic mass is 10.1. The van der Waals surface area contributed by atoms with Crippen molar-refractivity contribution in [1.29, 1.82) is 0 Å². The topological polar surface area (TPSA) is 146 Å². The average Bonchev–Trinajstić information content (AvgIpc) is 2.40. The van der Waals surface area contributed by atoms with Gasteiger partial charge in [0, 0.05) is 6.92 Å². The van der Waals surface area contributed by atoms with Gasteiger partial charge in [-0.2, -0.15) is 5.10 Å². The Morgan fingerprint density at radius 1 is 1.50 bits per heavy atom. The molecule has 0 fully saturated rings. The lowest BCUT2D eigenvalue weighted by Gasteiger charge is -2.11. The number of hydrazone groups is 1. The highest BCUT2D eigenvalue weighted by Crippen LogP contribution is 2.39. The zero-order chi connectivity index (χ0) is 16.7. The van der Waals surface area contributed by atoms with Crippen LogP contribution in [0.3, 0.4) is 0 Å². The number of hydrogen-bond donors (Lipinski definition) is 2. The van der Waals surface area contributed by atoms with Crippen LogP contribution in [0.4, 0.5) is 10.5 Å². The third-order valence-corrected chi connectivity index (χ3v) is 2.23. The van der Waals surface area contributed by atoms with E-state index in [9.17, 15) is 19.7 Å². The summed E-state index contributed by atoms with van der Waals surface area (Å²) in [5, 5.41) is 14.7. The Hall–Kier alpha value is -3.17. The third-order valence-electron chi connectivity index (χ3n) is 2.23. The minimum atomic E-state index is -0.916. The van der Waals surface area contributed by atoms with E-state index in [1.54, 1.807) is 6.92 Å². The van der Waals surface area contributed by atoms with Crippen LogP contribution in [0.2, 0.25) is 0 Å². The Kier molecular flexibility index (Phi) is 5.81. The highest BCUT2D eigenvalue weighted by Gasteiger charge is 2.25. The van der Waals surface area contributed by atoms with Gasteiger partial charge in [0.25, 0.3) is 0 Å².